The molecule has 1 fully saturated rings. The lowest BCUT2D eigenvalue weighted by Gasteiger charge is -2.38. The van der Waals surface area contributed by atoms with Crippen LogP contribution in [0.1, 0.15) is 34.3 Å². The normalized spacial score (nSPS) is 14.1. The van der Waals surface area contributed by atoms with Gasteiger partial charge in [-0.3, -0.25) is 19.3 Å². The average Bonchev–Trinajstić information content (AvgIpc) is 2.93. The van der Waals surface area contributed by atoms with Gasteiger partial charge in [0.25, 0.3) is 6.47 Å². The Balaban J connectivity index is 1.37. The van der Waals surface area contributed by atoms with Gasteiger partial charge in [-0.25, -0.2) is 0 Å². The van der Waals surface area contributed by atoms with E-state index in [1.807, 2.05) is 19.2 Å². The third-order valence-corrected chi connectivity index (χ3v) is 7.62. The molecule has 1 amide bonds. The third-order valence-electron chi connectivity index (χ3n) is 6.82. The molecular weight excluding hydrogens is 561 g/mol. The topological polar surface area (TPSA) is 79.0 Å². The smallest absolute Gasteiger partial charge is 0.293 e. The van der Waals surface area contributed by atoms with Gasteiger partial charge in [0, 0.05) is 58.6 Å². The van der Waals surface area contributed by atoms with E-state index in [0.717, 1.165) is 37.2 Å². The molecule has 10 heteroatoms. The quantitative estimate of drug-likeness (QED) is 0.228. The zero-order valence-corrected chi connectivity index (χ0v) is 23.6. The van der Waals surface area contributed by atoms with Crippen LogP contribution >= 0.6 is 34.8 Å². The van der Waals surface area contributed by atoms with Crippen LogP contribution in [0.15, 0.2) is 60.7 Å². The maximum absolute atomic E-state index is 13.2. The lowest BCUT2D eigenvalue weighted by atomic mass is 10.0. The van der Waals surface area contributed by atoms with Gasteiger partial charge in [0.2, 0.25) is 5.91 Å². The Kier molecular flexibility index (Phi) is 9.86. The molecule has 0 spiro atoms. The summed E-state index contributed by atoms with van der Waals surface area (Å²) in [4.78, 5) is 41.1. The Bertz CT molecular complexity index is 1360. The maximum atomic E-state index is 13.2. The fourth-order valence-electron chi connectivity index (χ4n) is 4.80. The summed E-state index contributed by atoms with van der Waals surface area (Å²) >= 11 is 18.5. The Morgan fingerprint density at radius 1 is 1.00 bits per heavy atom. The summed E-state index contributed by atoms with van der Waals surface area (Å²) in [7, 11) is 2.01. The molecule has 1 aliphatic rings. The number of nitrogens with zero attached hydrogens (tertiary/aromatic N) is 2. The van der Waals surface area contributed by atoms with Crippen molar-refractivity contribution in [3.8, 4) is 0 Å². The second-order valence-corrected chi connectivity index (χ2v) is 10.6. The molecule has 3 aromatic carbocycles. The van der Waals surface area contributed by atoms with Crippen molar-refractivity contribution in [2.45, 2.75) is 25.5 Å². The van der Waals surface area contributed by atoms with Crippen LogP contribution in [0, 0.1) is 0 Å². The molecule has 1 N–H and O–H groups in total. The van der Waals surface area contributed by atoms with Crippen molar-refractivity contribution in [1.82, 2.24) is 4.90 Å². The van der Waals surface area contributed by atoms with Gasteiger partial charge in [-0.2, -0.15) is 0 Å². The first-order valence-electron chi connectivity index (χ1n) is 12.4. The molecule has 204 valence electrons. The van der Waals surface area contributed by atoms with Crippen molar-refractivity contribution in [3.05, 3.63) is 92.4 Å². The molecule has 0 saturated carbocycles. The second-order valence-electron chi connectivity index (χ2n) is 9.35. The summed E-state index contributed by atoms with van der Waals surface area (Å²) in [5.74, 6) is -0.536. The molecule has 0 aromatic heterocycles. The number of rotatable bonds is 10. The SMILES string of the molecule is CN(c1ccc(Cl)cc1COC=O)C1CCN(CC(=O)Nc2ccc(Cl)cc2C(=O)c2ccccc2Cl)CC1. The number of ether oxygens (including phenoxy) is 1. The molecule has 0 bridgehead atoms. The van der Waals surface area contributed by atoms with Crippen LogP contribution in [0.25, 0.3) is 0 Å². The van der Waals surface area contributed by atoms with Gasteiger partial charge in [0.05, 0.1) is 17.3 Å². The van der Waals surface area contributed by atoms with E-state index in [0.29, 0.717) is 32.8 Å². The largest absolute Gasteiger partial charge is 0.463 e. The van der Waals surface area contributed by atoms with E-state index < -0.39 is 0 Å². The summed E-state index contributed by atoms with van der Waals surface area (Å²) < 4.78 is 4.97. The molecule has 3 aromatic rings. The van der Waals surface area contributed by atoms with Gasteiger partial charge >= 0.3 is 0 Å². The fraction of sp³-hybridized carbons (Fsp3) is 0.276. The van der Waals surface area contributed by atoms with Gasteiger partial charge < -0.3 is 15.0 Å². The Labute approximate surface area is 242 Å². The van der Waals surface area contributed by atoms with Crippen molar-refractivity contribution >= 4 is 64.3 Å². The van der Waals surface area contributed by atoms with Gasteiger partial charge in [-0.05, 0) is 61.4 Å². The highest BCUT2D eigenvalue weighted by Gasteiger charge is 2.26. The fourth-order valence-corrected chi connectivity index (χ4v) is 5.38. The van der Waals surface area contributed by atoms with Crippen molar-refractivity contribution in [3.63, 3.8) is 0 Å². The number of piperidine rings is 1. The first-order chi connectivity index (χ1) is 18.8. The van der Waals surface area contributed by atoms with Crippen molar-refractivity contribution < 1.29 is 19.1 Å². The monoisotopic (exact) mass is 587 g/mol. The number of amides is 1. The van der Waals surface area contributed by atoms with Gasteiger partial charge in [0.15, 0.2) is 5.78 Å². The van der Waals surface area contributed by atoms with Gasteiger partial charge in [-0.1, -0.05) is 46.9 Å². The number of anilines is 2. The predicted octanol–water partition coefficient (Wildman–Crippen LogP) is 6.09. The van der Waals surface area contributed by atoms with Gasteiger partial charge in [-0.15, -0.1) is 0 Å². The number of carbonyl (C=O) groups excluding carboxylic acids is 3. The molecular formula is C29H28Cl3N3O4. The maximum Gasteiger partial charge on any atom is 0.293 e. The minimum absolute atomic E-state index is 0.147. The summed E-state index contributed by atoms with van der Waals surface area (Å²) in [6.45, 7) is 2.21. The Morgan fingerprint density at radius 2 is 1.69 bits per heavy atom. The van der Waals surface area contributed by atoms with E-state index >= 15 is 0 Å². The van der Waals surface area contributed by atoms with Crippen LogP contribution in [-0.2, 0) is 20.9 Å². The molecule has 39 heavy (non-hydrogen) atoms. The summed E-state index contributed by atoms with van der Waals surface area (Å²) in [6.07, 6.45) is 1.69. The van der Waals surface area contributed by atoms with Crippen molar-refractivity contribution in [2.75, 3.05) is 36.9 Å². The number of likely N-dealkylation sites (tertiary alicyclic amines) is 1. The Hall–Kier alpha value is -3.10. The standard InChI is InChI=1S/C29H28Cl3N3O4/c1-34(27-9-7-20(30)14-19(27)17-39-18-36)22-10-12-35(13-11-22)16-28(37)33-26-8-6-21(31)15-24(26)29(38)23-4-2-3-5-25(23)32/h2-9,14-15,18,22H,10-13,16-17H2,1H3,(H,33,37). The van der Waals surface area contributed by atoms with Crippen molar-refractivity contribution in [1.29, 1.82) is 0 Å². The number of hydrogen-bond donors (Lipinski definition) is 1. The Morgan fingerprint density at radius 3 is 2.41 bits per heavy atom. The predicted molar refractivity (Wildman–Crippen MR) is 155 cm³/mol. The van der Waals surface area contributed by atoms with Crippen LogP contribution in [0.5, 0.6) is 0 Å². The molecule has 1 saturated heterocycles. The zero-order chi connectivity index (χ0) is 27.9. The summed E-state index contributed by atoms with van der Waals surface area (Å²) in [6, 6.07) is 17.4. The number of halogens is 3. The summed E-state index contributed by atoms with van der Waals surface area (Å²) in [5, 5.41) is 4.17. The van der Waals surface area contributed by atoms with Gasteiger partial charge in [0.1, 0.15) is 6.61 Å². The van der Waals surface area contributed by atoms with Crippen LogP contribution in [0.2, 0.25) is 15.1 Å². The van der Waals surface area contributed by atoms with E-state index in [4.69, 9.17) is 39.5 Å². The minimum Gasteiger partial charge on any atom is -0.463 e. The highest BCUT2D eigenvalue weighted by atomic mass is 35.5. The van der Waals surface area contributed by atoms with E-state index in [2.05, 4.69) is 15.1 Å². The number of hydrogen-bond acceptors (Lipinski definition) is 6. The highest BCUT2D eigenvalue weighted by molar-refractivity contribution is 6.36. The average molecular weight is 589 g/mol. The van der Waals surface area contributed by atoms with Crippen LogP contribution in [0.4, 0.5) is 11.4 Å². The highest BCUT2D eigenvalue weighted by Crippen LogP contribution is 2.29. The molecule has 0 aliphatic carbocycles. The molecule has 0 radical (unpaired) electrons. The molecule has 1 aliphatic heterocycles. The van der Waals surface area contributed by atoms with E-state index in [1.54, 1.807) is 42.5 Å². The molecule has 7 nitrogen and oxygen atoms in total. The molecule has 0 atom stereocenters. The number of benzene rings is 3. The van der Waals surface area contributed by atoms with Crippen LogP contribution < -0.4 is 10.2 Å². The lowest BCUT2D eigenvalue weighted by Crippen LogP contribution is -2.46. The van der Waals surface area contributed by atoms with Crippen LogP contribution in [0.3, 0.4) is 0 Å². The van der Waals surface area contributed by atoms with E-state index in [-0.39, 0.29) is 36.4 Å². The van der Waals surface area contributed by atoms with Crippen LogP contribution in [-0.4, -0.2) is 55.8 Å². The molecule has 4 rings (SSSR count). The third kappa shape index (κ3) is 7.31. The number of nitrogens with one attached hydrogen (secondary N) is 1. The minimum atomic E-state index is -0.317. The zero-order valence-electron chi connectivity index (χ0n) is 21.3. The van der Waals surface area contributed by atoms with E-state index in [1.165, 1.54) is 6.07 Å². The number of ketones is 1. The van der Waals surface area contributed by atoms with Crippen molar-refractivity contribution in [2.24, 2.45) is 0 Å². The summed E-state index contributed by atoms with van der Waals surface area (Å²) in [5.41, 5.74) is 2.79. The molecule has 0 unspecified atom stereocenters. The lowest BCUT2D eigenvalue weighted by molar-refractivity contribution is -0.129. The second kappa shape index (κ2) is 13.3. The first kappa shape index (κ1) is 28.9. The molecule has 1 heterocycles. The number of carbonyl (C=O) groups is 3. The van der Waals surface area contributed by atoms with E-state index in [9.17, 15) is 14.4 Å². The first-order valence-corrected chi connectivity index (χ1v) is 13.6.